The van der Waals surface area contributed by atoms with Crippen molar-refractivity contribution in [1.29, 1.82) is 0 Å². The van der Waals surface area contributed by atoms with Gasteiger partial charge < -0.3 is 15.4 Å². The Kier molecular flexibility index (Phi) is 8.92. The van der Waals surface area contributed by atoms with Crippen LogP contribution in [0.4, 0.5) is 0 Å². The Morgan fingerprint density at radius 2 is 1.65 bits per heavy atom. The summed E-state index contributed by atoms with van der Waals surface area (Å²) in [5.41, 5.74) is 8.43. The molecule has 0 aromatic heterocycles. The van der Waals surface area contributed by atoms with Crippen LogP contribution in [0.3, 0.4) is 0 Å². The quantitative estimate of drug-likeness (QED) is 0.738. The molecule has 2 fully saturated rings. The van der Waals surface area contributed by atoms with E-state index < -0.39 is 0 Å². The third kappa shape index (κ3) is 8.35. The maximum Gasteiger partial charge on any atom is 0.226 e. The lowest BCUT2D eigenvalue weighted by molar-refractivity contribution is -0.127. The topological polar surface area (TPSA) is 58.8 Å². The number of piperidine rings is 1. The van der Waals surface area contributed by atoms with Crippen molar-refractivity contribution in [2.24, 2.45) is 5.73 Å². The number of benzene rings is 2. The summed E-state index contributed by atoms with van der Waals surface area (Å²) in [4.78, 5) is 15.6. The Balaban J connectivity index is 0.000000248. The van der Waals surface area contributed by atoms with Crippen LogP contribution >= 0.6 is 0 Å². The maximum atomic E-state index is 11.6. The zero-order chi connectivity index (χ0) is 22.1. The SMILES string of the molecule is CN(C)C(=O)Cc1ccc(OCCN2CCC(N)CC2)cc1.c1ccc(C2CC2)cc1. The third-order valence-electron chi connectivity index (χ3n) is 5.93. The van der Waals surface area contributed by atoms with E-state index in [2.05, 4.69) is 35.2 Å². The molecule has 2 aliphatic rings. The molecule has 1 saturated heterocycles. The molecular weight excluding hydrogens is 386 g/mol. The highest BCUT2D eigenvalue weighted by atomic mass is 16.5. The normalized spacial score (nSPS) is 16.9. The largest absolute Gasteiger partial charge is 0.492 e. The van der Waals surface area contributed by atoms with E-state index in [1.54, 1.807) is 19.0 Å². The minimum atomic E-state index is 0.108. The van der Waals surface area contributed by atoms with Crippen molar-refractivity contribution in [3.8, 4) is 5.75 Å². The summed E-state index contributed by atoms with van der Waals surface area (Å²) in [5, 5.41) is 0. The fraction of sp³-hybridized carbons (Fsp3) is 0.500. The van der Waals surface area contributed by atoms with Crippen LogP contribution in [0.15, 0.2) is 54.6 Å². The van der Waals surface area contributed by atoms with Gasteiger partial charge in [-0.1, -0.05) is 42.5 Å². The zero-order valence-electron chi connectivity index (χ0n) is 19.0. The van der Waals surface area contributed by atoms with E-state index in [0.717, 1.165) is 49.7 Å². The summed E-state index contributed by atoms with van der Waals surface area (Å²) in [6, 6.07) is 18.9. The van der Waals surface area contributed by atoms with Gasteiger partial charge in [-0.25, -0.2) is 0 Å². The summed E-state index contributed by atoms with van der Waals surface area (Å²) in [6.07, 6.45) is 5.40. The Hall–Kier alpha value is -2.37. The highest BCUT2D eigenvalue weighted by molar-refractivity contribution is 5.78. The van der Waals surface area contributed by atoms with Gasteiger partial charge in [0.15, 0.2) is 0 Å². The van der Waals surface area contributed by atoms with Gasteiger partial charge >= 0.3 is 0 Å². The molecule has 0 atom stereocenters. The average molecular weight is 424 g/mol. The third-order valence-corrected chi connectivity index (χ3v) is 5.93. The molecular formula is C26H37N3O2. The van der Waals surface area contributed by atoms with Crippen LogP contribution in [0, 0.1) is 0 Å². The molecule has 2 aromatic rings. The molecule has 2 N–H and O–H groups in total. The number of likely N-dealkylation sites (N-methyl/N-ethyl adjacent to an activating group) is 1. The van der Waals surface area contributed by atoms with Gasteiger partial charge in [-0.3, -0.25) is 9.69 Å². The standard InChI is InChI=1S/C17H27N3O2.C9H10/c1-19(2)17(21)13-14-3-5-16(6-4-14)22-12-11-20-9-7-15(18)8-10-20;1-2-4-8(5-3-1)9-6-7-9/h3-6,15H,7-13,18H2,1-2H3;1-5,9H,6-7H2. The van der Waals surface area contributed by atoms with Crippen LogP contribution in [0.5, 0.6) is 5.75 Å². The van der Waals surface area contributed by atoms with Crippen molar-refractivity contribution in [1.82, 2.24) is 9.80 Å². The lowest BCUT2D eigenvalue weighted by Crippen LogP contribution is -2.41. The second-order valence-corrected chi connectivity index (χ2v) is 8.82. The molecule has 1 aliphatic carbocycles. The number of carbonyl (C=O) groups is 1. The molecule has 2 aromatic carbocycles. The fourth-order valence-electron chi connectivity index (χ4n) is 3.65. The number of likely N-dealkylation sites (tertiary alicyclic amines) is 1. The number of nitrogens with two attached hydrogens (primary N) is 1. The molecule has 1 amide bonds. The summed E-state index contributed by atoms with van der Waals surface area (Å²) in [5.74, 6) is 1.87. The Bertz CT molecular complexity index is 780. The number of hydrogen-bond donors (Lipinski definition) is 1. The van der Waals surface area contributed by atoms with Gasteiger partial charge in [-0.15, -0.1) is 0 Å². The molecule has 1 aliphatic heterocycles. The van der Waals surface area contributed by atoms with Gasteiger partial charge in [-0.2, -0.15) is 0 Å². The van der Waals surface area contributed by atoms with Crippen molar-refractivity contribution in [2.75, 3.05) is 40.3 Å². The first kappa shape index (κ1) is 23.3. The van der Waals surface area contributed by atoms with Crippen molar-refractivity contribution < 1.29 is 9.53 Å². The molecule has 0 unspecified atom stereocenters. The molecule has 0 bridgehead atoms. The summed E-state index contributed by atoms with van der Waals surface area (Å²) in [7, 11) is 3.54. The van der Waals surface area contributed by atoms with Crippen LogP contribution in [-0.2, 0) is 11.2 Å². The van der Waals surface area contributed by atoms with Gasteiger partial charge in [-0.05, 0) is 68.0 Å². The van der Waals surface area contributed by atoms with Crippen molar-refractivity contribution in [3.63, 3.8) is 0 Å². The molecule has 5 nitrogen and oxygen atoms in total. The number of ether oxygens (including phenoxy) is 1. The van der Waals surface area contributed by atoms with E-state index in [1.165, 1.54) is 18.4 Å². The van der Waals surface area contributed by atoms with Crippen molar-refractivity contribution in [2.45, 2.75) is 44.1 Å². The van der Waals surface area contributed by atoms with Crippen LogP contribution in [-0.4, -0.2) is 62.1 Å². The number of rotatable bonds is 7. The molecule has 31 heavy (non-hydrogen) atoms. The van der Waals surface area contributed by atoms with Gasteiger partial charge in [0.25, 0.3) is 0 Å². The molecule has 1 saturated carbocycles. The van der Waals surface area contributed by atoms with E-state index in [9.17, 15) is 4.79 Å². The van der Waals surface area contributed by atoms with Gasteiger partial charge in [0.05, 0.1) is 6.42 Å². The van der Waals surface area contributed by atoms with Crippen LogP contribution in [0.1, 0.15) is 42.7 Å². The number of carbonyl (C=O) groups excluding carboxylic acids is 1. The average Bonchev–Trinajstić information content (AvgIpc) is 3.63. The number of amides is 1. The van der Waals surface area contributed by atoms with E-state index in [-0.39, 0.29) is 5.91 Å². The lowest BCUT2D eigenvalue weighted by Gasteiger charge is -2.29. The molecule has 0 spiro atoms. The summed E-state index contributed by atoms with van der Waals surface area (Å²) in [6.45, 7) is 3.75. The first-order chi connectivity index (χ1) is 15.0. The molecule has 1 heterocycles. The van der Waals surface area contributed by atoms with E-state index >= 15 is 0 Å². The predicted molar refractivity (Wildman–Crippen MR) is 126 cm³/mol. The fourth-order valence-corrected chi connectivity index (χ4v) is 3.65. The molecule has 5 heteroatoms. The predicted octanol–water partition coefficient (Wildman–Crippen LogP) is 3.68. The van der Waals surface area contributed by atoms with E-state index in [1.807, 2.05) is 24.3 Å². The maximum absolute atomic E-state index is 11.6. The molecule has 4 rings (SSSR count). The highest BCUT2D eigenvalue weighted by Gasteiger charge is 2.22. The van der Waals surface area contributed by atoms with Gasteiger partial charge in [0, 0.05) is 26.7 Å². The van der Waals surface area contributed by atoms with Crippen molar-refractivity contribution >= 4 is 5.91 Å². The Morgan fingerprint density at radius 1 is 1.00 bits per heavy atom. The lowest BCUT2D eigenvalue weighted by atomic mass is 10.1. The number of hydrogen-bond acceptors (Lipinski definition) is 4. The molecule has 0 radical (unpaired) electrons. The Labute approximate surface area is 187 Å². The van der Waals surface area contributed by atoms with Gasteiger partial charge in [0.2, 0.25) is 5.91 Å². The van der Waals surface area contributed by atoms with Crippen molar-refractivity contribution in [3.05, 3.63) is 65.7 Å². The van der Waals surface area contributed by atoms with Crippen LogP contribution < -0.4 is 10.5 Å². The van der Waals surface area contributed by atoms with Crippen LogP contribution in [0.25, 0.3) is 0 Å². The second kappa shape index (κ2) is 11.9. The zero-order valence-corrected chi connectivity index (χ0v) is 19.0. The van der Waals surface area contributed by atoms with Gasteiger partial charge in [0.1, 0.15) is 12.4 Å². The number of nitrogens with zero attached hydrogens (tertiary/aromatic N) is 2. The van der Waals surface area contributed by atoms with Crippen LogP contribution in [0.2, 0.25) is 0 Å². The molecule has 168 valence electrons. The second-order valence-electron chi connectivity index (χ2n) is 8.82. The highest BCUT2D eigenvalue weighted by Crippen LogP contribution is 2.39. The first-order valence-electron chi connectivity index (χ1n) is 11.5. The minimum Gasteiger partial charge on any atom is -0.492 e. The Morgan fingerprint density at radius 3 is 2.23 bits per heavy atom. The summed E-state index contributed by atoms with van der Waals surface area (Å²) < 4.78 is 5.77. The van der Waals surface area contributed by atoms with E-state index in [4.69, 9.17) is 10.5 Å². The first-order valence-corrected chi connectivity index (χ1v) is 11.5. The minimum absolute atomic E-state index is 0.108. The monoisotopic (exact) mass is 423 g/mol. The smallest absolute Gasteiger partial charge is 0.226 e. The summed E-state index contributed by atoms with van der Waals surface area (Å²) >= 11 is 0. The van der Waals surface area contributed by atoms with E-state index in [0.29, 0.717) is 19.1 Å².